The van der Waals surface area contributed by atoms with Gasteiger partial charge in [0, 0.05) is 42.7 Å². The monoisotopic (exact) mass is 531 g/mol. The zero-order valence-electron chi connectivity index (χ0n) is 21.4. The van der Waals surface area contributed by atoms with Gasteiger partial charge in [-0.3, -0.25) is 4.40 Å². The number of fused-ring (bicyclic) bond motifs is 1. The van der Waals surface area contributed by atoms with Crippen molar-refractivity contribution >= 4 is 34.5 Å². The van der Waals surface area contributed by atoms with Gasteiger partial charge in [-0.2, -0.15) is 0 Å². The number of nitrogens with zero attached hydrogens (tertiary/aromatic N) is 3. The highest BCUT2D eigenvalue weighted by atomic mass is 32.1. The standard InChI is InChI=1S/C28H29N5O4S/c1-16-13-17(7-9-20(16)28(34)35)23-24-25(31-15-18-6-8-19(36-2)14-22(18)37-3)29-11-12-33(24)26(32-23)21-5-4-10-30-27(21)38/h6-9,11-14,21H,4-5,10,15H2,1-3H3,(H,29,31)(H,30,38)(H,34,35)/t21-/m0/s1. The van der Waals surface area contributed by atoms with Crippen molar-refractivity contribution in [2.75, 3.05) is 26.1 Å². The lowest BCUT2D eigenvalue weighted by Gasteiger charge is -2.23. The molecule has 9 nitrogen and oxygen atoms in total. The van der Waals surface area contributed by atoms with Gasteiger partial charge in [0.25, 0.3) is 0 Å². The Hall–Kier alpha value is -4.18. The van der Waals surface area contributed by atoms with Crippen molar-refractivity contribution in [2.24, 2.45) is 0 Å². The van der Waals surface area contributed by atoms with Gasteiger partial charge in [-0.05, 0) is 49.6 Å². The van der Waals surface area contributed by atoms with Gasteiger partial charge in [0.05, 0.1) is 30.7 Å². The van der Waals surface area contributed by atoms with E-state index in [1.54, 1.807) is 39.5 Å². The van der Waals surface area contributed by atoms with Crippen molar-refractivity contribution in [3.8, 4) is 22.8 Å². The Morgan fingerprint density at radius 3 is 2.79 bits per heavy atom. The number of anilines is 1. The highest BCUT2D eigenvalue weighted by Gasteiger charge is 2.28. The first-order valence-corrected chi connectivity index (χ1v) is 12.8. The Morgan fingerprint density at radius 2 is 2.08 bits per heavy atom. The highest BCUT2D eigenvalue weighted by Crippen LogP contribution is 2.35. The second-order valence-electron chi connectivity index (χ2n) is 9.17. The number of carboxylic acid groups (broad SMARTS) is 1. The van der Waals surface area contributed by atoms with Crippen LogP contribution in [0.4, 0.5) is 5.82 Å². The van der Waals surface area contributed by atoms with Gasteiger partial charge in [0.2, 0.25) is 0 Å². The third-order valence-corrected chi connectivity index (χ3v) is 7.28. The van der Waals surface area contributed by atoms with Crippen LogP contribution in [0.15, 0.2) is 48.8 Å². The largest absolute Gasteiger partial charge is 0.497 e. The molecule has 1 atom stereocenters. The number of piperidine rings is 1. The van der Waals surface area contributed by atoms with Gasteiger partial charge < -0.3 is 25.2 Å². The van der Waals surface area contributed by atoms with Gasteiger partial charge in [0.1, 0.15) is 28.5 Å². The van der Waals surface area contributed by atoms with E-state index in [1.807, 2.05) is 34.9 Å². The molecular weight excluding hydrogens is 502 g/mol. The minimum absolute atomic E-state index is 0.0312. The van der Waals surface area contributed by atoms with Gasteiger partial charge in [-0.25, -0.2) is 14.8 Å². The fourth-order valence-corrected chi connectivity index (χ4v) is 5.21. The van der Waals surface area contributed by atoms with Crippen molar-refractivity contribution in [1.82, 2.24) is 19.7 Å². The number of rotatable bonds is 8. The molecule has 0 bridgehead atoms. The van der Waals surface area contributed by atoms with Crippen LogP contribution >= 0.6 is 12.2 Å². The van der Waals surface area contributed by atoms with Crippen LogP contribution in [0.1, 0.15) is 46.1 Å². The van der Waals surface area contributed by atoms with E-state index < -0.39 is 5.97 Å². The first kappa shape index (κ1) is 25.5. The van der Waals surface area contributed by atoms with Gasteiger partial charge in [-0.1, -0.05) is 18.3 Å². The smallest absolute Gasteiger partial charge is 0.335 e. The molecule has 0 amide bonds. The predicted octanol–water partition coefficient (Wildman–Crippen LogP) is 4.83. The Labute approximate surface area is 225 Å². The second kappa shape index (κ2) is 10.7. The first-order chi connectivity index (χ1) is 18.4. The quantitative estimate of drug-likeness (QED) is 0.276. The molecule has 38 heavy (non-hydrogen) atoms. The van der Waals surface area contributed by atoms with E-state index in [9.17, 15) is 9.90 Å². The normalized spacial score (nSPS) is 15.2. The Bertz CT molecular complexity index is 1530. The molecule has 5 rings (SSSR count). The van der Waals surface area contributed by atoms with E-state index in [2.05, 4.69) is 15.6 Å². The molecule has 0 aliphatic carbocycles. The average Bonchev–Trinajstić information content (AvgIpc) is 3.32. The number of aromatic nitrogens is 3. The molecule has 0 unspecified atom stereocenters. The number of hydrogen-bond donors (Lipinski definition) is 3. The molecule has 3 N–H and O–H groups in total. The molecule has 0 spiro atoms. The maximum atomic E-state index is 11.6. The van der Waals surface area contributed by atoms with Crippen molar-refractivity contribution in [1.29, 1.82) is 0 Å². The van der Waals surface area contributed by atoms with Crippen LogP contribution in [0.3, 0.4) is 0 Å². The predicted molar refractivity (Wildman–Crippen MR) is 150 cm³/mol. The van der Waals surface area contributed by atoms with Crippen LogP contribution in [0.5, 0.6) is 11.5 Å². The Morgan fingerprint density at radius 1 is 1.24 bits per heavy atom. The molecule has 2 aromatic heterocycles. The summed E-state index contributed by atoms with van der Waals surface area (Å²) in [6, 6.07) is 11.0. The fraction of sp³-hybridized carbons (Fsp3) is 0.286. The zero-order valence-corrected chi connectivity index (χ0v) is 22.3. The summed E-state index contributed by atoms with van der Waals surface area (Å²) < 4.78 is 12.9. The van der Waals surface area contributed by atoms with E-state index in [1.165, 1.54) is 0 Å². The summed E-state index contributed by atoms with van der Waals surface area (Å²) in [5, 5.41) is 16.3. The van der Waals surface area contributed by atoms with Crippen LogP contribution in [0.2, 0.25) is 0 Å². The molecular formula is C28H29N5O4S. The van der Waals surface area contributed by atoms with Crippen molar-refractivity contribution in [3.05, 3.63) is 71.3 Å². The molecule has 0 saturated carbocycles. The number of aromatic carboxylic acids is 1. The lowest BCUT2D eigenvalue weighted by Crippen LogP contribution is -2.34. The summed E-state index contributed by atoms with van der Waals surface area (Å²) in [6.07, 6.45) is 5.54. The number of carbonyl (C=O) groups is 1. The summed E-state index contributed by atoms with van der Waals surface area (Å²) >= 11 is 5.68. The Kier molecular flexibility index (Phi) is 7.15. The lowest BCUT2D eigenvalue weighted by molar-refractivity contribution is 0.0696. The van der Waals surface area contributed by atoms with Crippen LogP contribution in [0.25, 0.3) is 16.8 Å². The maximum absolute atomic E-state index is 11.6. The molecule has 196 valence electrons. The summed E-state index contributed by atoms with van der Waals surface area (Å²) in [5.74, 6) is 1.91. The molecule has 1 saturated heterocycles. The minimum atomic E-state index is -0.958. The van der Waals surface area contributed by atoms with Gasteiger partial charge in [-0.15, -0.1) is 0 Å². The number of aryl methyl sites for hydroxylation is 1. The molecule has 1 aliphatic heterocycles. The number of methoxy groups -OCH3 is 2. The molecule has 10 heteroatoms. The number of carboxylic acids is 1. The van der Waals surface area contributed by atoms with Crippen molar-refractivity contribution in [2.45, 2.75) is 32.2 Å². The van der Waals surface area contributed by atoms with Crippen LogP contribution in [0, 0.1) is 6.92 Å². The number of hydrogen-bond acceptors (Lipinski definition) is 7. The topological polar surface area (TPSA) is 110 Å². The zero-order chi connectivity index (χ0) is 26.8. The van der Waals surface area contributed by atoms with Gasteiger partial charge in [0.15, 0.2) is 5.82 Å². The summed E-state index contributed by atoms with van der Waals surface area (Å²) in [6.45, 7) is 3.11. The van der Waals surface area contributed by atoms with E-state index in [0.29, 0.717) is 35.1 Å². The lowest BCUT2D eigenvalue weighted by atomic mass is 9.99. The van der Waals surface area contributed by atoms with Gasteiger partial charge >= 0.3 is 5.97 Å². The summed E-state index contributed by atoms with van der Waals surface area (Å²) in [5.41, 5.74) is 4.19. The maximum Gasteiger partial charge on any atom is 0.335 e. The second-order valence-corrected chi connectivity index (χ2v) is 9.60. The molecule has 2 aromatic carbocycles. The summed E-state index contributed by atoms with van der Waals surface area (Å²) in [7, 11) is 3.25. The first-order valence-electron chi connectivity index (χ1n) is 12.3. The van der Waals surface area contributed by atoms with E-state index in [4.69, 9.17) is 26.7 Å². The van der Waals surface area contributed by atoms with E-state index in [0.717, 1.165) is 46.8 Å². The number of thiocarbonyl (C=S) groups is 1. The minimum Gasteiger partial charge on any atom is -0.497 e. The number of imidazole rings is 1. The molecule has 4 aromatic rings. The SMILES string of the molecule is COc1ccc(CNc2nccn3c([C@@H]4CCCNC4=S)nc(-c4ccc(C(=O)O)c(C)c4)c23)c(OC)c1. The van der Waals surface area contributed by atoms with Crippen LogP contribution < -0.4 is 20.1 Å². The molecule has 1 fully saturated rings. The van der Waals surface area contributed by atoms with Crippen molar-refractivity contribution < 1.29 is 19.4 Å². The number of ether oxygens (including phenoxy) is 2. The molecule has 1 aliphatic rings. The van der Waals surface area contributed by atoms with E-state index in [-0.39, 0.29) is 11.5 Å². The number of nitrogens with one attached hydrogen (secondary N) is 2. The highest BCUT2D eigenvalue weighted by molar-refractivity contribution is 7.80. The third kappa shape index (κ3) is 4.74. The number of benzene rings is 2. The van der Waals surface area contributed by atoms with Crippen molar-refractivity contribution in [3.63, 3.8) is 0 Å². The average molecular weight is 532 g/mol. The molecule has 0 radical (unpaired) electrons. The third-order valence-electron chi connectivity index (χ3n) is 6.85. The van der Waals surface area contributed by atoms with Crippen LogP contribution in [-0.4, -0.2) is 51.2 Å². The van der Waals surface area contributed by atoms with Crippen LogP contribution in [-0.2, 0) is 6.54 Å². The van der Waals surface area contributed by atoms with E-state index >= 15 is 0 Å². The Balaban J connectivity index is 1.62. The molecule has 3 heterocycles. The fourth-order valence-electron chi connectivity index (χ4n) is 4.89. The summed E-state index contributed by atoms with van der Waals surface area (Å²) in [4.78, 5) is 22.1.